The van der Waals surface area contributed by atoms with Crippen LogP contribution in [0.2, 0.25) is 0 Å². The lowest BCUT2D eigenvalue weighted by molar-refractivity contribution is 0.597. The van der Waals surface area contributed by atoms with Gasteiger partial charge < -0.3 is 0 Å². The minimum Gasteiger partial charge on any atom is -0.221 e. The van der Waals surface area contributed by atoms with Crippen LogP contribution in [0.3, 0.4) is 0 Å². The molecule has 0 bridgehead atoms. The van der Waals surface area contributed by atoms with Gasteiger partial charge in [-0.25, -0.2) is 9.50 Å². The molecule has 0 N–H and O–H groups in total. The summed E-state index contributed by atoms with van der Waals surface area (Å²) in [7, 11) is 0. The van der Waals surface area contributed by atoms with E-state index in [2.05, 4.69) is 23.1 Å². The van der Waals surface area contributed by atoms with E-state index in [9.17, 15) is 0 Å². The summed E-state index contributed by atoms with van der Waals surface area (Å²) in [5, 5.41) is 4.59. The first kappa shape index (κ1) is 10.1. The SMILES string of the molecule is Cc1ccc2nc(C3CCSCC3)nn2c1. The molecular formula is C12H15N3S. The summed E-state index contributed by atoms with van der Waals surface area (Å²) in [6, 6.07) is 4.13. The zero-order chi connectivity index (χ0) is 11.0. The first-order valence-corrected chi connectivity index (χ1v) is 6.89. The van der Waals surface area contributed by atoms with Gasteiger partial charge in [-0.3, -0.25) is 0 Å². The molecule has 3 nitrogen and oxygen atoms in total. The van der Waals surface area contributed by atoms with Crippen LogP contribution in [-0.4, -0.2) is 26.1 Å². The van der Waals surface area contributed by atoms with E-state index in [0.717, 1.165) is 11.5 Å². The van der Waals surface area contributed by atoms with Crippen molar-refractivity contribution >= 4 is 17.4 Å². The van der Waals surface area contributed by atoms with Gasteiger partial charge in [0.25, 0.3) is 0 Å². The minimum absolute atomic E-state index is 0.571. The van der Waals surface area contributed by atoms with Gasteiger partial charge in [-0.2, -0.15) is 16.9 Å². The van der Waals surface area contributed by atoms with E-state index in [1.54, 1.807) is 0 Å². The van der Waals surface area contributed by atoms with E-state index < -0.39 is 0 Å². The Balaban J connectivity index is 1.97. The van der Waals surface area contributed by atoms with Crippen LogP contribution in [0.5, 0.6) is 0 Å². The summed E-state index contributed by atoms with van der Waals surface area (Å²) in [5.41, 5.74) is 2.20. The Hall–Kier alpha value is -1.03. The van der Waals surface area contributed by atoms with Gasteiger partial charge in [0.05, 0.1) is 0 Å². The molecule has 0 unspecified atom stereocenters. The highest BCUT2D eigenvalue weighted by Gasteiger charge is 2.19. The fraction of sp³-hybridized carbons (Fsp3) is 0.500. The van der Waals surface area contributed by atoms with Crippen LogP contribution < -0.4 is 0 Å². The molecule has 0 spiro atoms. The third-order valence-electron chi connectivity index (χ3n) is 3.08. The monoisotopic (exact) mass is 233 g/mol. The summed E-state index contributed by atoms with van der Waals surface area (Å²) in [5.74, 6) is 4.10. The van der Waals surface area contributed by atoms with Crippen molar-refractivity contribution in [3.05, 3.63) is 29.7 Å². The number of aromatic nitrogens is 3. The molecule has 0 aromatic carbocycles. The Bertz CT molecular complexity index is 500. The molecule has 4 heteroatoms. The van der Waals surface area contributed by atoms with Gasteiger partial charge in [0.1, 0.15) is 0 Å². The number of aryl methyl sites for hydroxylation is 1. The summed E-state index contributed by atoms with van der Waals surface area (Å²) in [6.45, 7) is 2.08. The highest BCUT2D eigenvalue weighted by Crippen LogP contribution is 2.29. The number of hydrogen-bond acceptors (Lipinski definition) is 3. The van der Waals surface area contributed by atoms with E-state index in [1.165, 1.54) is 29.9 Å². The number of fused-ring (bicyclic) bond motifs is 1. The van der Waals surface area contributed by atoms with Crippen LogP contribution >= 0.6 is 11.8 Å². The average molecular weight is 233 g/mol. The van der Waals surface area contributed by atoms with Crippen molar-refractivity contribution in [1.82, 2.24) is 14.6 Å². The van der Waals surface area contributed by atoms with Crippen LogP contribution in [0.1, 0.15) is 30.1 Å². The molecule has 84 valence electrons. The topological polar surface area (TPSA) is 30.2 Å². The van der Waals surface area contributed by atoms with Gasteiger partial charge in [0, 0.05) is 12.1 Å². The van der Waals surface area contributed by atoms with E-state index in [1.807, 2.05) is 28.5 Å². The molecule has 3 rings (SSSR count). The fourth-order valence-corrected chi connectivity index (χ4v) is 3.24. The lowest BCUT2D eigenvalue weighted by atomic mass is 10.0. The second-order valence-corrected chi connectivity index (χ2v) is 5.59. The van der Waals surface area contributed by atoms with Crippen LogP contribution in [0.25, 0.3) is 5.65 Å². The molecule has 16 heavy (non-hydrogen) atoms. The maximum absolute atomic E-state index is 4.62. The quantitative estimate of drug-likeness (QED) is 0.758. The van der Waals surface area contributed by atoms with E-state index in [0.29, 0.717) is 5.92 Å². The Kier molecular flexibility index (Phi) is 2.59. The van der Waals surface area contributed by atoms with Gasteiger partial charge in [0.15, 0.2) is 11.5 Å². The van der Waals surface area contributed by atoms with Gasteiger partial charge in [0.2, 0.25) is 0 Å². The minimum atomic E-state index is 0.571. The first-order chi connectivity index (χ1) is 7.83. The van der Waals surface area contributed by atoms with Crippen molar-refractivity contribution in [1.29, 1.82) is 0 Å². The predicted molar refractivity (Wildman–Crippen MR) is 67.0 cm³/mol. The first-order valence-electron chi connectivity index (χ1n) is 5.73. The van der Waals surface area contributed by atoms with Gasteiger partial charge in [-0.1, -0.05) is 6.07 Å². The number of rotatable bonds is 1. The normalized spacial score (nSPS) is 18.1. The lowest BCUT2D eigenvalue weighted by Crippen LogP contribution is -2.09. The Labute approximate surface area is 99.3 Å². The van der Waals surface area contributed by atoms with Crippen LogP contribution in [0, 0.1) is 6.92 Å². The highest BCUT2D eigenvalue weighted by atomic mass is 32.2. The Morgan fingerprint density at radius 3 is 2.94 bits per heavy atom. The maximum Gasteiger partial charge on any atom is 0.155 e. The van der Waals surface area contributed by atoms with E-state index in [-0.39, 0.29) is 0 Å². The van der Waals surface area contributed by atoms with E-state index >= 15 is 0 Å². The van der Waals surface area contributed by atoms with Crippen molar-refractivity contribution in [2.24, 2.45) is 0 Å². The molecule has 1 fully saturated rings. The number of thioether (sulfide) groups is 1. The van der Waals surface area contributed by atoms with Crippen molar-refractivity contribution in [2.45, 2.75) is 25.7 Å². The molecule has 1 aliphatic rings. The molecule has 0 saturated carbocycles. The summed E-state index contributed by atoms with van der Waals surface area (Å²) in [4.78, 5) is 4.62. The molecule has 1 aliphatic heterocycles. The van der Waals surface area contributed by atoms with Crippen LogP contribution in [0.4, 0.5) is 0 Å². The highest BCUT2D eigenvalue weighted by molar-refractivity contribution is 7.99. The smallest absolute Gasteiger partial charge is 0.155 e. The van der Waals surface area contributed by atoms with Crippen molar-refractivity contribution < 1.29 is 0 Å². The fourth-order valence-electron chi connectivity index (χ4n) is 2.13. The van der Waals surface area contributed by atoms with Crippen molar-refractivity contribution in [3.63, 3.8) is 0 Å². The molecule has 1 saturated heterocycles. The average Bonchev–Trinajstić information content (AvgIpc) is 2.73. The summed E-state index contributed by atoms with van der Waals surface area (Å²) >= 11 is 2.04. The van der Waals surface area contributed by atoms with Gasteiger partial charge in [-0.15, -0.1) is 0 Å². The largest absolute Gasteiger partial charge is 0.221 e. The van der Waals surface area contributed by atoms with Gasteiger partial charge in [-0.05, 0) is 42.9 Å². The van der Waals surface area contributed by atoms with E-state index in [4.69, 9.17) is 0 Å². The standard InChI is InChI=1S/C12H15N3S/c1-9-2-3-11-13-12(14-15(11)8-9)10-4-6-16-7-5-10/h2-3,8,10H,4-7H2,1H3. The predicted octanol–water partition coefficient (Wildman–Crippen LogP) is 2.65. The zero-order valence-corrected chi connectivity index (χ0v) is 10.2. The molecule has 2 aromatic rings. The molecule has 0 amide bonds. The number of hydrogen-bond donors (Lipinski definition) is 0. The molecule has 2 aromatic heterocycles. The second-order valence-electron chi connectivity index (χ2n) is 4.37. The summed E-state index contributed by atoms with van der Waals surface area (Å²) < 4.78 is 1.91. The number of pyridine rings is 1. The van der Waals surface area contributed by atoms with Gasteiger partial charge >= 0.3 is 0 Å². The van der Waals surface area contributed by atoms with Crippen LogP contribution in [0.15, 0.2) is 18.3 Å². The number of nitrogens with zero attached hydrogens (tertiary/aromatic N) is 3. The summed E-state index contributed by atoms with van der Waals surface area (Å²) in [6.07, 6.45) is 4.49. The van der Waals surface area contributed by atoms with Crippen molar-refractivity contribution in [2.75, 3.05) is 11.5 Å². The third kappa shape index (κ3) is 1.82. The maximum atomic E-state index is 4.62. The molecular weight excluding hydrogens is 218 g/mol. The molecule has 0 atom stereocenters. The lowest BCUT2D eigenvalue weighted by Gasteiger charge is -2.17. The molecule has 0 radical (unpaired) electrons. The molecule has 0 aliphatic carbocycles. The second kappa shape index (κ2) is 4.09. The Morgan fingerprint density at radius 2 is 2.12 bits per heavy atom. The van der Waals surface area contributed by atoms with Crippen molar-refractivity contribution in [3.8, 4) is 0 Å². The molecule has 3 heterocycles. The van der Waals surface area contributed by atoms with Crippen LogP contribution in [-0.2, 0) is 0 Å². The zero-order valence-electron chi connectivity index (χ0n) is 9.39. The Morgan fingerprint density at radius 1 is 1.31 bits per heavy atom. The third-order valence-corrected chi connectivity index (χ3v) is 4.13.